The van der Waals surface area contributed by atoms with Crippen molar-refractivity contribution in [2.75, 3.05) is 0 Å². The highest BCUT2D eigenvalue weighted by Gasteiger charge is 2.22. The summed E-state index contributed by atoms with van der Waals surface area (Å²) in [7, 11) is 0. The molecule has 0 aliphatic heterocycles. The van der Waals surface area contributed by atoms with Crippen LogP contribution in [0.25, 0.3) is 0 Å². The van der Waals surface area contributed by atoms with E-state index in [-0.39, 0.29) is 6.42 Å². The number of hydrogen-bond donors (Lipinski definition) is 3. The lowest BCUT2D eigenvalue weighted by Gasteiger charge is -2.17. The zero-order valence-electron chi connectivity index (χ0n) is 9.77. The van der Waals surface area contributed by atoms with Gasteiger partial charge >= 0.3 is 5.97 Å². The average Bonchev–Trinajstić information content (AvgIpc) is 2.15. The number of rotatable bonds is 7. The van der Waals surface area contributed by atoms with Crippen molar-refractivity contribution in [3.8, 4) is 0 Å². The van der Waals surface area contributed by atoms with Gasteiger partial charge in [-0.3, -0.25) is 4.79 Å². The number of nitrogens with one attached hydrogen (secondary N) is 1. The predicted octanol–water partition coefficient (Wildman–Crippen LogP) is 0.505. The number of carboxylic acids is 1. The van der Waals surface area contributed by atoms with Gasteiger partial charge in [-0.1, -0.05) is 19.9 Å². The molecule has 16 heavy (non-hydrogen) atoms. The lowest BCUT2D eigenvalue weighted by molar-refractivity contribution is -0.141. The van der Waals surface area contributed by atoms with Gasteiger partial charge in [-0.15, -0.1) is 6.58 Å². The molecule has 0 rings (SSSR count). The zero-order valence-corrected chi connectivity index (χ0v) is 9.77. The van der Waals surface area contributed by atoms with Crippen LogP contribution in [0.5, 0.6) is 0 Å². The molecule has 0 aliphatic carbocycles. The van der Waals surface area contributed by atoms with E-state index >= 15 is 0 Å². The molecule has 0 heterocycles. The highest BCUT2D eigenvalue weighted by Crippen LogP contribution is 2.03. The molecule has 2 atom stereocenters. The van der Waals surface area contributed by atoms with E-state index in [4.69, 9.17) is 10.8 Å². The van der Waals surface area contributed by atoms with Gasteiger partial charge in [0.15, 0.2) is 0 Å². The third-order valence-electron chi connectivity index (χ3n) is 2.08. The fourth-order valence-electron chi connectivity index (χ4n) is 1.28. The number of carbonyl (C=O) groups excluding carboxylic acids is 1. The first-order valence-corrected chi connectivity index (χ1v) is 5.28. The molecule has 0 aromatic rings. The van der Waals surface area contributed by atoms with Crippen molar-refractivity contribution >= 4 is 11.9 Å². The molecule has 0 saturated heterocycles. The lowest BCUT2D eigenvalue weighted by Crippen LogP contribution is -2.48. The highest BCUT2D eigenvalue weighted by molar-refractivity contribution is 5.86. The van der Waals surface area contributed by atoms with Gasteiger partial charge in [0, 0.05) is 0 Å². The molecular formula is C11H20N2O3. The Morgan fingerprint density at radius 3 is 2.44 bits per heavy atom. The molecule has 5 heteroatoms. The Labute approximate surface area is 95.7 Å². The summed E-state index contributed by atoms with van der Waals surface area (Å²) in [5.41, 5.74) is 5.63. The van der Waals surface area contributed by atoms with Crippen molar-refractivity contribution in [1.29, 1.82) is 0 Å². The second kappa shape index (κ2) is 7.00. The summed E-state index contributed by atoms with van der Waals surface area (Å²) in [6.45, 7) is 7.34. The minimum Gasteiger partial charge on any atom is -0.480 e. The number of hydrogen-bond acceptors (Lipinski definition) is 3. The Hall–Kier alpha value is -1.36. The maximum absolute atomic E-state index is 11.5. The second-order valence-corrected chi connectivity index (χ2v) is 4.16. The molecule has 0 radical (unpaired) electrons. The van der Waals surface area contributed by atoms with Crippen LogP contribution in [0, 0.1) is 5.92 Å². The molecular weight excluding hydrogens is 208 g/mol. The van der Waals surface area contributed by atoms with E-state index < -0.39 is 24.0 Å². The molecule has 1 amide bonds. The minimum atomic E-state index is -1.08. The Kier molecular flexibility index (Phi) is 6.41. The molecule has 0 aromatic heterocycles. The highest BCUT2D eigenvalue weighted by atomic mass is 16.4. The molecule has 0 aliphatic rings. The summed E-state index contributed by atoms with van der Waals surface area (Å²) in [6, 6.07) is -1.60. The topological polar surface area (TPSA) is 92.4 Å². The monoisotopic (exact) mass is 228 g/mol. The van der Waals surface area contributed by atoms with Gasteiger partial charge in [0.2, 0.25) is 5.91 Å². The molecule has 0 aromatic carbocycles. The van der Waals surface area contributed by atoms with E-state index in [1.54, 1.807) is 0 Å². The number of carboxylic acid groups (broad SMARTS) is 1. The molecule has 0 bridgehead atoms. The van der Waals surface area contributed by atoms with Crippen LogP contribution in [0.1, 0.15) is 26.7 Å². The van der Waals surface area contributed by atoms with E-state index in [0.717, 1.165) is 0 Å². The van der Waals surface area contributed by atoms with Crippen molar-refractivity contribution < 1.29 is 14.7 Å². The molecule has 0 saturated carbocycles. The van der Waals surface area contributed by atoms with E-state index in [9.17, 15) is 9.59 Å². The standard InChI is InChI=1S/C11H20N2O3/c1-4-5-9(11(15)16)13-10(14)8(12)6-7(2)3/h4,7-9H,1,5-6,12H2,2-3H3,(H,13,14)(H,15,16)/t8-,9?/m1/s1. The fraction of sp³-hybridized carbons (Fsp3) is 0.636. The zero-order chi connectivity index (χ0) is 12.7. The van der Waals surface area contributed by atoms with E-state index in [1.165, 1.54) is 6.08 Å². The average molecular weight is 228 g/mol. The molecule has 1 unspecified atom stereocenters. The number of nitrogens with two attached hydrogens (primary N) is 1. The Bertz CT molecular complexity index is 264. The van der Waals surface area contributed by atoms with Crippen molar-refractivity contribution in [3.05, 3.63) is 12.7 Å². The lowest BCUT2D eigenvalue weighted by atomic mass is 10.0. The summed E-state index contributed by atoms with van der Waals surface area (Å²) in [5.74, 6) is -1.21. The van der Waals surface area contributed by atoms with E-state index in [2.05, 4.69) is 11.9 Å². The summed E-state index contributed by atoms with van der Waals surface area (Å²) in [4.78, 5) is 22.3. The Morgan fingerprint density at radius 2 is 2.06 bits per heavy atom. The van der Waals surface area contributed by atoms with Crippen LogP contribution in [0.4, 0.5) is 0 Å². The molecule has 4 N–H and O–H groups in total. The maximum atomic E-state index is 11.5. The van der Waals surface area contributed by atoms with Crippen molar-refractivity contribution in [1.82, 2.24) is 5.32 Å². The largest absolute Gasteiger partial charge is 0.480 e. The van der Waals surface area contributed by atoms with Gasteiger partial charge in [0.05, 0.1) is 6.04 Å². The van der Waals surface area contributed by atoms with E-state index in [0.29, 0.717) is 12.3 Å². The minimum absolute atomic E-state index is 0.190. The van der Waals surface area contributed by atoms with Crippen LogP contribution in [0.2, 0.25) is 0 Å². The normalized spacial score (nSPS) is 14.2. The number of carbonyl (C=O) groups is 2. The summed E-state index contributed by atoms with van der Waals surface area (Å²) >= 11 is 0. The molecule has 92 valence electrons. The van der Waals surface area contributed by atoms with Crippen molar-refractivity contribution in [3.63, 3.8) is 0 Å². The number of amides is 1. The van der Waals surface area contributed by atoms with Crippen LogP contribution in [-0.4, -0.2) is 29.1 Å². The summed E-state index contributed by atoms with van der Waals surface area (Å²) in [6.07, 6.45) is 2.18. The van der Waals surface area contributed by atoms with E-state index in [1.807, 2.05) is 13.8 Å². The fourth-order valence-corrected chi connectivity index (χ4v) is 1.28. The van der Waals surface area contributed by atoms with Gasteiger partial charge in [0.25, 0.3) is 0 Å². The molecule has 0 spiro atoms. The van der Waals surface area contributed by atoms with Crippen LogP contribution in [-0.2, 0) is 9.59 Å². The first kappa shape index (κ1) is 14.6. The first-order chi connectivity index (χ1) is 7.38. The predicted molar refractivity (Wildman–Crippen MR) is 61.8 cm³/mol. The first-order valence-electron chi connectivity index (χ1n) is 5.28. The van der Waals surface area contributed by atoms with Gasteiger partial charge < -0.3 is 16.2 Å². The van der Waals surface area contributed by atoms with Crippen LogP contribution in [0.3, 0.4) is 0 Å². The van der Waals surface area contributed by atoms with Crippen LogP contribution >= 0.6 is 0 Å². The summed E-state index contributed by atoms with van der Waals surface area (Å²) in [5, 5.41) is 11.2. The van der Waals surface area contributed by atoms with Crippen molar-refractivity contribution in [2.24, 2.45) is 11.7 Å². The van der Waals surface area contributed by atoms with Crippen molar-refractivity contribution in [2.45, 2.75) is 38.8 Å². The van der Waals surface area contributed by atoms with Crippen LogP contribution in [0.15, 0.2) is 12.7 Å². The summed E-state index contributed by atoms with van der Waals surface area (Å²) < 4.78 is 0. The molecule has 0 fully saturated rings. The van der Waals surface area contributed by atoms with Gasteiger partial charge in [-0.05, 0) is 18.8 Å². The number of aliphatic carboxylic acids is 1. The molecule has 5 nitrogen and oxygen atoms in total. The smallest absolute Gasteiger partial charge is 0.326 e. The third kappa shape index (κ3) is 5.50. The second-order valence-electron chi connectivity index (χ2n) is 4.16. The van der Waals surface area contributed by atoms with Gasteiger partial charge in [-0.25, -0.2) is 4.79 Å². The van der Waals surface area contributed by atoms with Gasteiger partial charge in [0.1, 0.15) is 6.04 Å². The van der Waals surface area contributed by atoms with Gasteiger partial charge in [-0.2, -0.15) is 0 Å². The Morgan fingerprint density at radius 1 is 1.50 bits per heavy atom. The quantitative estimate of drug-likeness (QED) is 0.553. The Balaban J connectivity index is 4.28. The third-order valence-corrected chi connectivity index (χ3v) is 2.08. The maximum Gasteiger partial charge on any atom is 0.326 e. The SMILES string of the molecule is C=CCC(NC(=O)[C@H](N)CC(C)C)C(=O)O. The van der Waals surface area contributed by atoms with Crippen LogP contribution < -0.4 is 11.1 Å².